The Bertz CT molecular complexity index is 565. The Hall–Kier alpha value is -2.11. The minimum absolute atomic E-state index is 0.0275. The van der Waals surface area contributed by atoms with Gasteiger partial charge in [-0.3, -0.25) is 10.1 Å². The second-order valence-electron chi connectivity index (χ2n) is 4.39. The molecule has 0 spiro atoms. The molecule has 0 aliphatic carbocycles. The SMILES string of the molecule is CCCCCCNc1nc2c([N+](=O)[O-])cccc2o1. The first-order valence-corrected chi connectivity index (χ1v) is 6.50. The maximum Gasteiger partial charge on any atom is 0.298 e. The summed E-state index contributed by atoms with van der Waals surface area (Å²) in [7, 11) is 0. The Morgan fingerprint density at radius 1 is 1.37 bits per heavy atom. The minimum atomic E-state index is -0.449. The third-order valence-electron chi connectivity index (χ3n) is 2.90. The van der Waals surface area contributed by atoms with Crippen molar-refractivity contribution >= 4 is 22.8 Å². The highest BCUT2D eigenvalue weighted by Gasteiger charge is 2.16. The number of aromatic nitrogens is 1. The third kappa shape index (κ3) is 3.21. The molecule has 0 aliphatic rings. The van der Waals surface area contributed by atoms with E-state index < -0.39 is 4.92 Å². The summed E-state index contributed by atoms with van der Waals surface area (Å²) >= 11 is 0. The zero-order chi connectivity index (χ0) is 13.7. The highest BCUT2D eigenvalue weighted by atomic mass is 16.6. The smallest absolute Gasteiger partial charge is 0.298 e. The molecule has 0 fully saturated rings. The summed E-state index contributed by atoms with van der Waals surface area (Å²) in [5, 5.41) is 13.9. The number of unbranched alkanes of at least 4 members (excludes halogenated alkanes) is 3. The topological polar surface area (TPSA) is 81.2 Å². The molecule has 0 radical (unpaired) electrons. The van der Waals surface area contributed by atoms with Crippen molar-refractivity contribution in [1.29, 1.82) is 0 Å². The van der Waals surface area contributed by atoms with Gasteiger partial charge in [0.15, 0.2) is 11.1 Å². The molecular formula is C13H17N3O3. The predicted molar refractivity (Wildman–Crippen MR) is 73.3 cm³/mol. The average molecular weight is 263 g/mol. The van der Waals surface area contributed by atoms with Crippen LogP contribution in [0.5, 0.6) is 0 Å². The van der Waals surface area contributed by atoms with Crippen LogP contribution in [-0.2, 0) is 0 Å². The maximum atomic E-state index is 10.9. The second-order valence-corrected chi connectivity index (χ2v) is 4.39. The highest BCUT2D eigenvalue weighted by Crippen LogP contribution is 2.27. The number of nitrogens with one attached hydrogen (secondary N) is 1. The molecule has 1 N–H and O–H groups in total. The van der Waals surface area contributed by atoms with Crippen molar-refractivity contribution in [3.8, 4) is 0 Å². The summed E-state index contributed by atoms with van der Waals surface area (Å²) in [6, 6.07) is 5.05. The average Bonchev–Trinajstić information content (AvgIpc) is 2.80. The van der Waals surface area contributed by atoms with Gasteiger partial charge in [0.2, 0.25) is 0 Å². The Labute approximate surface area is 111 Å². The predicted octanol–water partition coefficient (Wildman–Crippen LogP) is 3.73. The van der Waals surface area contributed by atoms with E-state index in [1.54, 1.807) is 12.1 Å². The van der Waals surface area contributed by atoms with Crippen molar-refractivity contribution in [1.82, 2.24) is 4.98 Å². The van der Waals surface area contributed by atoms with E-state index in [9.17, 15) is 10.1 Å². The fraction of sp³-hybridized carbons (Fsp3) is 0.462. The van der Waals surface area contributed by atoms with Crippen LogP contribution in [0, 0.1) is 10.1 Å². The summed E-state index contributed by atoms with van der Waals surface area (Å²) in [6.45, 7) is 2.92. The number of hydrogen-bond donors (Lipinski definition) is 1. The van der Waals surface area contributed by atoms with Gasteiger partial charge in [-0.15, -0.1) is 0 Å². The Morgan fingerprint density at radius 2 is 2.21 bits per heavy atom. The molecule has 102 valence electrons. The molecule has 6 nitrogen and oxygen atoms in total. The Kier molecular flexibility index (Phi) is 4.33. The normalized spacial score (nSPS) is 10.8. The van der Waals surface area contributed by atoms with E-state index in [-0.39, 0.29) is 5.69 Å². The van der Waals surface area contributed by atoms with Crippen LogP contribution >= 0.6 is 0 Å². The van der Waals surface area contributed by atoms with E-state index in [0.29, 0.717) is 17.1 Å². The molecule has 1 aromatic heterocycles. The number of nitrogens with zero attached hydrogens (tertiary/aromatic N) is 2. The van der Waals surface area contributed by atoms with Crippen molar-refractivity contribution in [3.05, 3.63) is 28.3 Å². The van der Waals surface area contributed by atoms with Crippen molar-refractivity contribution in [3.63, 3.8) is 0 Å². The molecule has 2 aromatic rings. The van der Waals surface area contributed by atoms with Gasteiger partial charge in [-0.1, -0.05) is 32.3 Å². The van der Waals surface area contributed by atoms with Crippen molar-refractivity contribution in [2.45, 2.75) is 32.6 Å². The van der Waals surface area contributed by atoms with Crippen molar-refractivity contribution in [2.75, 3.05) is 11.9 Å². The van der Waals surface area contributed by atoms with E-state index >= 15 is 0 Å². The lowest BCUT2D eigenvalue weighted by Gasteiger charge is -2.00. The summed E-state index contributed by atoms with van der Waals surface area (Å²) in [5.74, 6) is 0. The van der Waals surface area contributed by atoms with Crippen molar-refractivity contribution in [2.24, 2.45) is 0 Å². The van der Waals surface area contributed by atoms with E-state index in [1.807, 2.05) is 0 Å². The van der Waals surface area contributed by atoms with Gasteiger partial charge in [0.05, 0.1) is 4.92 Å². The van der Waals surface area contributed by atoms with Gasteiger partial charge in [0, 0.05) is 12.6 Å². The molecule has 1 aromatic carbocycles. The molecule has 0 saturated carbocycles. The summed E-state index contributed by atoms with van der Waals surface area (Å²) in [4.78, 5) is 14.5. The molecule has 1 heterocycles. The van der Waals surface area contributed by atoms with Gasteiger partial charge in [0.1, 0.15) is 0 Å². The Morgan fingerprint density at radius 3 is 2.95 bits per heavy atom. The summed E-state index contributed by atoms with van der Waals surface area (Å²) in [5.41, 5.74) is 0.703. The molecule has 0 atom stereocenters. The van der Waals surface area contributed by atoms with Crippen LogP contribution in [0.3, 0.4) is 0 Å². The van der Waals surface area contributed by atoms with Gasteiger partial charge in [-0.05, 0) is 12.5 Å². The molecule has 6 heteroatoms. The molecule has 19 heavy (non-hydrogen) atoms. The van der Waals surface area contributed by atoms with Crippen LogP contribution in [0.4, 0.5) is 11.7 Å². The first-order valence-electron chi connectivity index (χ1n) is 6.50. The second kappa shape index (κ2) is 6.17. The molecule has 0 amide bonds. The van der Waals surface area contributed by atoms with Crippen LogP contribution in [-0.4, -0.2) is 16.5 Å². The Balaban J connectivity index is 2.05. The number of nitro groups is 1. The quantitative estimate of drug-likeness (QED) is 0.467. The van der Waals surface area contributed by atoms with Gasteiger partial charge in [0.25, 0.3) is 11.7 Å². The van der Waals surface area contributed by atoms with Crippen LogP contribution in [0.1, 0.15) is 32.6 Å². The standard InChI is InChI=1S/C13H17N3O3/c1-2-3-4-5-9-14-13-15-12-10(16(17)18)7-6-8-11(12)19-13/h6-8H,2-5,9H2,1H3,(H,14,15). The van der Waals surface area contributed by atoms with Gasteiger partial charge in [-0.2, -0.15) is 4.98 Å². The van der Waals surface area contributed by atoms with E-state index in [0.717, 1.165) is 19.4 Å². The van der Waals surface area contributed by atoms with Crippen LogP contribution in [0.25, 0.3) is 11.1 Å². The number of nitro benzene ring substituents is 1. The molecular weight excluding hydrogens is 246 g/mol. The van der Waals surface area contributed by atoms with Gasteiger partial charge < -0.3 is 9.73 Å². The number of hydrogen-bond acceptors (Lipinski definition) is 5. The van der Waals surface area contributed by atoms with E-state index in [4.69, 9.17) is 4.42 Å². The first kappa shape index (κ1) is 13.3. The highest BCUT2D eigenvalue weighted by molar-refractivity contribution is 5.83. The number of benzene rings is 1. The number of fused-ring (bicyclic) bond motifs is 1. The fourth-order valence-electron chi connectivity index (χ4n) is 1.90. The number of non-ortho nitro benzene ring substituents is 1. The fourth-order valence-corrected chi connectivity index (χ4v) is 1.90. The summed E-state index contributed by atoms with van der Waals surface area (Å²) < 4.78 is 5.44. The van der Waals surface area contributed by atoms with Gasteiger partial charge >= 0.3 is 0 Å². The molecule has 0 saturated heterocycles. The number of anilines is 1. The van der Waals surface area contributed by atoms with Crippen molar-refractivity contribution < 1.29 is 9.34 Å². The lowest BCUT2D eigenvalue weighted by atomic mass is 10.2. The number of oxazole rings is 1. The lowest BCUT2D eigenvalue weighted by molar-refractivity contribution is -0.383. The maximum absolute atomic E-state index is 10.9. The first-order chi connectivity index (χ1) is 9.22. The molecule has 0 aliphatic heterocycles. The number of rotatable bonds is 7. The van der Waals surface area contributed by atoms with E-state index in [1.165, 1.54) is 18.9 Å². The van der Waals surface area contributed by atoms with Crippen LogP contribution < -0.4 is 5.32 Å². The zero-order valence-corrected chi connectivity index (χ0v) is 10.9. The number of para-hydroxylation sites is 1. The zero-order valence-electron chi connectivity index (χ0n) is 10.9. The molecule has 2 rings (SSSR count). The van der Waals surface area contributed by atoms with Crippen LogP contribution in [0.2, 0.25) is 0 Å². The molecule has 0 bridgehead atoms. The summed E-state index contributed by atoms with van der Waals surface area (Å²) in [6.07, 6.45) is 4.59. The molecule has 0 unspecified atom stereocenters. The van der Waals surface area contributed by atoms with E-state index in [2.05, 4.69) is 17.2 Å². The largest absolute Gasteiger partial charge is 0.423 e. The van der Waals surface area contributed by atoms with Gasteiger partial charge in [-0.25, -0.2) is 0 Å². The monoisotopic (exact) mass is 263 g/mol. The third-order valence-corrected chi connectivity index (χ3v) is 2.90. The minimum Gasteiger partial charge on any atom is -0.423 e. The van der Waals surface area contributed by atoms with Crippen LogP contribution in [0.15, 0.2) is 22.6 Å². The lowest BCUT2D eigenvalue weighted by Crippen LogP contribution is -2.01.